The number of aryl methyl sites for hydroxylation is 1. The summed E-state index contributed by atoms with van der Waals surface area (Å²) in [7, 11) is -14.8. The largest absolute Gasteiger partial charge is 0.492 e. The molecule has 23 heteroatoms. The highest BCUT2D eigenvalue weighted by atomic mass is 32.2. The Labute approximate surface area is 300 Å². The highest BCUT2D eigenvalue weighted by Crippen LogP contribution is 2.37. The number of fused-ring (bicyclic) bond motifs is 1. The lowest BCUT2D eigenvalue weighted by molar-refractivity contribution is 0.386. The van der Waals surface area contributed by atoms with E-state index in [0.29, 0.717) is 5.69 Å². The van der Waals surface area contributed by atoms with Crippen LogP contribution in [0.25, 0.3) is 10.8 Å². The molecule has 0 saturated heterocycles. The molecule has 0 amide bonds. The Balaban J connectivity index is 1.37. The molecule has 1 aliphatic heterocycles. The van der Waals surface area contributed by atoms with E-state index >= 15 is 0 Å². The smallest absolute Gasteiger partial charge is 0.315 e. The summed E-state index contributed by atoms with van der Waals surface area (Å²) in [6.45, 7) is 3.28. The van der Waals surface area contributed by atoms with Gasteiger partial charge in [0, 0.05) is 22.1 Å². The lowest BCUT2D eigenvalue weighted by atomic mass is 10.1. The van der Waals surface area contributed by atoms with Gasteiger partial charge in [0.15, 0.2) is 0 Å². The summed E-state index contributed by atoms with van der Waals surface area (Å²) < 4.78 is 117. The Kier molecular flexibility index (Phi) is 9.58. The molecule has 5 aromatic rings. The van der Waals surface area contributed by atoms with Crippen LogP contribution in [0, 0.1) is 13.0 Å². The van der Waals surface area contributed by atoms with Crippen molar-refractivity contribution in [3.63, 3.8) is 0 Å². The van der Waals surface area contributed by atoms with Gasteiger partial charge in [-0.2, -0.15) is 44.6 Å². The second-order valence-corrected chi connectivity index (χ2v) is 15.5. The van der Waals surface area contributed by atoms with Crippen molar-refractivity contribution in [2.24, 2.45) is 10.2 Å². The van der Waals surface area contributed by atoms with Gasteiger partial charge in [0.25, 0.3) is 30.4 Å². The van der Waals surface area contributed by atoms with Crippen LogP contribution in [-0.2, 0) is 30.4 Å². The van der Waals surface area contributed by atoms with Crippen LogP contribution in [0.4, 0.5) is 39.0 Å². The highest BCUT2D eigenvalue weighted by molar-refractivity contribution is 7.86. The van der Waals surface area contributed by atoms with E-state index in [4.69, 9.17) is 0 Å². The van der Waals surface area contributed by atoms with Crippen molar-refractivity contribution in [3.05, 3.63) is 96.0 Å². The summed E-state index contributed by atoms with van der Waals surface area (Å²) in [5.74, 6) is -1.16. The molecule has 0 radical (unpaired) electrons. The topological polar surface area (TPSA) is 286 Å². The number of hydrazine groups is 1. The SMILES string of the molecule is Cc1ccccc1Nc1nc(F)nc(Nc2ccc(S(=O)(=O)O)c(N=NC3=C(O)N(c4cc(S(=O)(=O)O)c5cccc(S(=O)(=O)O)c5c4)NC3C)c2)n1. The zero-order valence-electron chi connectivity index (χ0n) is 27.0. The van der Waals surface area contributed by atoms with E-state index in [1.54, 1.807) is 12.1 Å². The zero-order valence-corrected chi connectivity index (χ0v) is 29.5. The van der Waals surface area contributed by atoms with E-state index in [0.717, 1.165) is 47.0 Å². The number of aliphatic hydroxyl groups excluding tert-OH is 1. The molecule has 1 aromatic heterocycles. The third-order valence-electron chi connectivity index (χ3n) is 7.65. The van der Waals surface area contributed by atoms with Crippen LogP contribution in [0.3, 0.4) is 0 Å². The molecule has 19 nitrogen and oxygen atoms in total. The second-order valence-electron chi connectivity index (χ2n) is 11.3. The molecular formula is C30H26FN9O10S3. The van der Waals surface area contributed by atoms with Crippen molar-refractivity contribution in [2.75, 3.05) is 15.6 Å². The number of nitrogens with zero attached hydrogens (tertiary/aromatic N) is 6. The second kappa shape index (κ2) is 13.7. The fourth-order valence-electron chi connectivity index (χ4n) is 5.25. The first-order chi connectivity index (χ1) is 24.8. The average Bonchev–Trinajstić information content (AvgIpc) is 3.34. The number of hydrogen-bond acceptors (Lipinski definition) is 16. The van der Waals surface area contributed by atoms with Crippen LogP contribution in [-0.4, -0.2) is 65.0 Å². The fourth-order valence-corrected chi connectivity index (χ4v) is 7.28. The lowest BCUT2D eigenvalue weighted by Crippen LogP contribution is -2.36. The normalized spacial score (nSPS) is 15.4. The Bertz CT molecular complexity index is 2710. The molecule has 1 atom stereocenters. The van der Waals surface area contributed by atoms with Crippen LogP contribution < -0.4 is 21.1 Å². The predicted molar refractivity (Wildman–Crippen MR) is 187 cm³/mol. The minimum Gasteiger partial charge on any atom is -0.492 e. The highest BCUT2D eigenvalue weighted by Gasteiger charge is 2.32. The number of anilines is 5. The number of aromatic nitrogens is 3. The maximum atomic E-state index is 14.4. The van der Waals surface area contributed by atoms with Crippen molar-refractivity contribution >= 4 is 75.8 Å². The fraction of sp³-hybridized carbons (Fsp3) is 0.100. The van der Waals surface area contributed by atoms with Crippen LogP contribution in [0.2, 0.25) is 0 Å². The van der Waals surface area contributed by atoms with E-state index in [1.807, 2.05) is 19.1 Å². The number of aliphatic hydroxyl groups is 1. The van der Waals surface area contributed by atoms with Crippen molar-refractivity contribution in [2.45, 2.75) is 34.6 Å². The molecule has 276 valence electrons. The molecule has 2 heterocycles. The van der Waals surface area contributed by atoms with Gasteiger partial charge < -0.3 is 15.7 Å². The monoisotopic (exact) mass is 787 g/mol. The molecule has 0 fully saturated rings. The molecule has 0 aliphatic carbocycles. The number of rotatable bonds is 10. The summed E-state index contributed by atoms with van der Waals surface area (Å²) in [5.41, 5.74) is 3.27. The van der Waals surface area contributed by atoms with Gasteiger partial charge in [0.2, 0.25) is 17.8 Å². The summed E-state index contributed by atoms with van der Waals surface area (Å²) >= 11 is 0. The molecule has 1 unspecified atom stereocenters. The maximum absolute atomic E-state index is 14.4. The molecule has 0 spiro atoms. The Morgan fingerprint density at radius 3 is 2.08 bits per heavy atom. The summed E-state index contributed by atoms with van der Waals surface area (Å²) in [5, 5.41) is 24.9. The van der Waals surface area contributed by atoms with Gasteiger partial charge in [-0.25, -0.2) is 10.4 Å². The van der Waals surface area contributed by atoms with Crippen LogP contribution >= 0.6 is 0 Å². The van der Waals surface area contributed by atoms with Gasteiger partial charge in [-0.05, 0) is 61.9 Å². The molecule has 53 heavy (non-hydrogen) atoms. The average molecular weight is 788 g/mol. The van der Waals surface area contributed by atoms with E-state index in [9.17, 15) is 48.4 Å². The third kappa shape index (κ3) is 7.90. The first kappa shape index (κ1) is 37.1. The van der Waals surface area contributed by atoms with Gasteiger partial charge in [0.1, 0.15) is 26.1 Å². The predicted octanol–water partition coefficient (Wildman–Crippen LogP) is 4.92. The summed E-state index contributed by atoms with van der Waals surface area (Å²) in [6, 6.07) is 14.8. The van der Waals surface area contributed by atoms with Crippen molar-refractivity contribution in [1.29, 1.82) is 0 Å². The number of benzene rings is 4. The van der Waals surface area contributed by atoms with Crippen molar-refractivity contribution in [3.8, 4) is 0 Å². The Morgan fingerprint density at radius 1 is 0.755 bits per heavy atom. The number of nitrogens with one attached hydrogen (secondary N) is 3. The van der Waals surface area contributed by atoms with E-state index < -0.39 is 68.7 Å². The van der Waals surface area contributed by atoms with Crippen LogP contribution in [0.5, 0.6) is 0 Å². The van der Waals surface area contributed by atoms with Crippen LogP contribution in [0.15, 0.2) is 109 Å². The number of hydrogen-bond donors (Lipinski definition) is 7. The van der Waals surface area contributed by atoms with E-state index in [1.165, 1.54) is 19.1 Å². The summed E-state index contributed by atoms with van der Waals surface area (Å²) in [6.07, 6.45) is -1.15. The molecule has 6 rings (SSSR count). The molecular weight excluding hydrogens is 762 g/mol. The first-order valence-electron chi connectivity index (χ1n) is 14.9. The first-order valence-corrected chi connectivity index (χ1v) is 19.2. The molecule has 7 N–H and O–H groups in total. The lowest BCUT2D eigenvalue weighted by Gasteiger charge is -2.21. The third-order valence-corrected chi connectivity index (χ3v) is 10.4. The minimum atomic E-state index is -4.99. The van der Waals surface area contributed by atoms with Gasteiger partial charge in [-0.3, -0.25) is 13.7 Å². The quantitative estimate of drug-likeness (QED) is 0.0730. The van der Waals surface area contributed by atoms with E-state index in [2.05, 4.69) is 41.2 Å². The van der Waals surface area contributed by atoms with Gasteiger partial charge in [0.05, 0.1) is 11.7 Å². The number of azo groups is 1. The maximum Gasteiger partial charge on any atom is 0.315 e. The van der Waals surface area contributed by atoms with Gasteiger partial charge >= 0.3 is 6.08 Å². The molecule has 1 aliphatic rings. The Hall–Kier alpha value is -5.69. The van der Waals surface area contributed by atoms with Crippen molar-refractivity contribution < 1.29 is 48.4 Å². The van der Waals surface area contributed by atoms with Gasteiger partial charge in [-0.1, -0.05) is 30.3 Å². The zero-order chi connectivity index (χ0) is 38.5. The summed E-state index contributed by atoms with van der Waals surface area (Å²) in [4.78, 5) is 9.20. The van der Waals surface area contributed by atoms with E-state index in [-0.39, 0.29) is 39.7 Å². The van der Waals surface area contributed by atoms with Gasteiger partial charge in [-0.15, -0.1) is 10.2 Å². The van der Waals surface area contributed by atoms with Crippen LogP contribution in [0.1, 0.15) is 12.5 Å². The molecule has 0 saturated carbocycles. The molecule has 4 aromatic carbocycles. The Morgan fingerprint density at radius 2 is 1.42 bits per heavy atom. The number of para-hydroxylation sites is 1. The standard InChI is InChI=1S/C30H26FN9O10S3/c1-15-6-3-4-8-21(15)33-30-35-28(31)34-29(36-30)32-17-10-11-24(52(45,46)47)22(12-17)37-38-26-16(2)39-40(27(26)41)18-13-20-19(25(14-18)53(48,49)50)7-5-9-23(20)51(42,43)44/h3-14,16,39,41H,1-2H3,(H,42,43,44)(H,45,46,47)(H,48,49,50)(H2,32,33,34,35,36). The number of halogens is 1. The molecule has 0 bridgehead atoms. The van der Waals surface area contributed by atoms with Crippen molar-refractivity contribution in [1.82, 2.24) is 20.4 Å². The minimum absolute atomic E-state index is 0.0553.